The third-order valence-electron chi connectivity index (χ3n) is 5.46. The molecule has 2 aliphatic rings. The Morgan fingerprint density at radius 1 is 1.00 bits per heavy atom. The number of hydrogen-bond donors (Lipinski definition) is 0. The van der Waals surface area contributed by atoms with Crippen LogP contribution >= 0.6 is 0 Å². The molecule has 1 aliphatic carbocycles. The van der Waals surface area contributed by atoms with Crippen molar-refractivity contribution >= 4 is 5.82 Å². The Bertz CT molecular complexity index is 707. The minimum atomic E-state index is 0.412. The van der Waals surface area contributed by atoms with Crippen molar-refractivity contribution in [1.29, 1.82) is 0 Å². The third kappa shape index (κ3) is 4.21. The number of hydrogen-bond acceptors (Lipinski definition) is 5. The molecule has 138 valence electrons. The van der Waals surface area contributed by atoms with Gasteiger partial charge in [-0.05, 0) is 44.7 Å². The Morgan fingerprint density at radius 3 is 2.50 bits per heavy atom. The van der Waals surface area contributed by atoms with Gasteiger partial charge in [-0.15, -0.1) is 0 Å². The summed E-state index contributed by atoms with van der Waals surface area (Å²) < 4.78 is 6.37. The lowest BCUT2D eigenvalue weighted by molar-refractivity contribution is -0.0395. The van der Waals surface area contributed by atoms with E-state index in [0.29, 0.717) is 12.2 Å². The fraction of sp³-hybridized carbons (Fsp3) is 0.571. The van der Waals surface area contributed by atoms with Crippen molar-refractivity contribution in [2.45, 2.75) is 64.1 Å². The fourth-order valence-corrected chi connectivity index (χ4v) is 4.03. The predicted octanol–water partition coefficient (Wildman–Crippen LogP) is 4.17. The van der Waals surface area contributed by atoms with Crippen LogP contribution in [0.2, 0.25) is 0 Å². The summed E-state index contributed by atoms with van der Waals surface area (Å²) in [6.45, 7) is 4.03. The molecule has 1 saturated heterocycles. The molecule has 0 N–H and O–H groups in total. The molecule has 0 amide bonds. The van der Waals surface area contributed by atoms with E-state index in [1.165, 1.54) is 32.1 Å². The minimum absolute atomic E-state index is 0.412. The molecule has 0 unspecified atom stereocenters. The van der Waals surface area contributed by atoms with Crippen molar-refractivity contribution in [2.24, 2.45) is 0 Å². The number of aromatic nitrogens is 3. The van der Waals surface area contributed by atoms with Crippen LogP contribution in [-0.2, 0) is 4.74 Å². The Morgan fingerprint density at radius 2 is 1.77 bits per heavy atom. The van der Waals surface area contributed by atoms with Crippen LogP contribution in [0.15, 0.2) is 30.6 Å². The molecule has 0 bridgehead atoms. The van der Waals surface area contributed by atoms with E-state index in [9.17, 15) is 0 Å². The number of piperidine rings is 1. The molecule has 2 fully saturated rings. The van der Waals surface area contributed by atoms with E-state index in [1.54, 1.807) is 6.20 Å². The second kappa shape index (κ2) is 8.12. The summed E-state index contributed by atoms with van der Waals surface area (Å²) in [5.41, 5.74) is 1.96. The largest absolute Gasteiger partial charge is 0.375 e. The summed E-state index contributed by atoms with van der Waals surface area (Å²) >= 11 is 0. The summed E-state index contributed by atoms with van der Waals surface area (Å²) in [5.74, 6) is 1.78. The van der Waals surface area contributed by atoms with Crippen LogP contribution in [0, 0.1) is 6.92 Å². The van der Waals surface area contributed by atoms with Crippen molar-refractivity contribution < 1.29 is 4.74 Å². The van der Waals surface area contributed by atoms with Gasteiger partial charge in [0.05, 0.1) is 12.2 Å². The second-order valence-corrected chi connectivity index (χ2v) is 7.52. The maximum Gasteiger partial charge on any atom is 0.163 e. The maximum absolute atomic E-state index is 6.37. The van der Waals surface area contributed by atoms with E-state index in [-0.39, 0.29) is 0 Å². The van der Waals surface area contributed by atoms with E-state index >= 15 is 0 Å². The van der Waals surface area contributed by atoms with Crippen LogP contribution < -0.4 is 4.90 Å². The summed E-state index contributed by atoms with van der Waals surface area (Å²) in [6.07, 6.45) is 13.2. The van der Waals surface area contributed by atoms with E-state index in [1.807, 2.05) is 25.3 Å². The zero-order valence-electron chi connectivity index (χ0n) is 15.6. The highest BCUT2D eigenvalue weighted by Crippen LogP contribution is 2.27. The molecule has 2 aromatic rings. The Hall–Kier alpha value is -2.01. The van der Waals surface area contributed by atoms with Gasteiger partial charge in [-0.2, -0.15) is 0 Å². The van der Waals surface area contributed by atoms with Gasteiger partial charge in [0.2, 0.25) is 0 Å². The zero-order chi connectivity index (χ0) is 17.8. The quantitative estimate of drug-likeness (QED) is 0.827. The molecule has 0 atom stereocenters. The first-order valence-electron chi connectivity index (χ1n) is 9.94. The number of aryl methyl sites for hydroxylation is 1. The number of pyridine rings is 1. The SMILES string of the molecule is Cc1cc(N2CCC(OC3CCCCC3)CC2)nc(-c2cccnc2)n1. The molecular formula is C21H28N4O. The topological polar surface area (TPSA) is 51.1 Å². The molecule has 5 nitrogen and oxygen atoms in total. The molecule has 1 saturated carbocycles. The van der Waals surface area contributed by atoms with Crippen molar-refractivity contribution in [3.05, 3.63) is 36.3 Å². The number of rotatable bonds is 4. The first-order valence-corrected chi connectivity index (χ1v) is 9.94. The van der Waals surface area contributed by atoms with E-state index in [0.717, 1.165) is 48.8 Å². The van der Waals surface area contributed by atoms with Gasteiger partial charge in [-0.3, -0.25) is 4.98 Å². The van der Waals surface area contributed by atoms with Crippen molar-refractivity contribution in [2.75, 3.05) is 18.0 Å². The molecular weight excluding hydrogens is 324 g/mol. The second-order valence-electron chi connectivity index (χ2n) is 7.52. The lowest BCUT2D eigenvalue weighted by Gasteiger charge is -2.35. The summed E-state index contributed by atoms with van der Waals surface area (Å²) in [6, 6.07) is 6.02. The molecule has 0 spiro atoms. The lowest BCUT2D eigenvalue weighted by Crippen LogP contribution is -2.39. The highest BCUT2D eigenvalue weighted by atomic mass is 16.5. The highest BCUT2D eigenvalue weighted by molar-refractivity contribution is 5.56. The van der Waals surface area contributed by atoms with Gasteiger partial charge in [0.15, 0.2) is 5.82 Å². The van der Waals surface area contributed by atoms with Crippen LogP contribution in [0.3, 0.4) is 0 Å². The first kappa shape index (κ1) is 17.4. The Labute approximate surface area is 155 Å². The Balaban J connectivity index is 1.40. The van der Waals surface area contributed by atoms with E-state index in [2.05, 4.69) is 20.9 Å². The van der Waals surface area contributed by atoms with Gasteiger partial charge >= 0.3 is 0 Å². The summed E-state index contributed by atoms with van der Waals surface area (Å²) in [7, 11) is 0. The monoisotopic (exact) mass is 352 g/mol. The predicted molar refractivity (Wildman–Crippen MR) is 103 cm³/mol. The van der Waals surface area contributed by atoms with Crippen LogP contribution in [0.5, 0.6) is 0 Å². The van der Waals surface area contributed by atoms with Crippen LogP contribution in [0.25, 0.3) is 11.4 Å². The highest BCUT2D eigenvalue weighted by Gasteiger charge is 2.25. The number of ether oxygens (including phenoxy) is 1. The summed E-state index contributed by atoms with van der Waals surface area (Å²) in [5, 5.41) is 0. The van der Waals surface area contributed by atoms with Crippen LogP contribution in [0.1, 0.15) is 50.6 Å². The van der Waals surface area contributed by atoms with Crippen LogP contribution in [-0.4, -0.2) is 40.2 Å². The molecule has 1 aliphatic heterocycles. The van der Waals surface area contributed by atoms with E-state index < -0.39 is 0 Å². The molecule has 4 rings (SSSR count). The van der Waals surface area contributed by atoms with Crippen LogP contribution in [0.4, 0.5) is 5.82 Å². The van der Waals surface area contributed by atoms with E-state index in [4.69, 9.17) is 9.72 Å². The van der Waals surface area contributed by atoms with Gasteiger partial charge in [0.1, 0.15) is 5.82 Å². The number of nitrogens with zero attached hydrogens (tertiary/aromatic N) is 4. The smallest absolute Gasteiger partial charge is 0.163 e. The normalized spacial score (nSPS) is 19.7. The fourth-order valence-electron chi connectivity index (χ4n) is 4.03. The molecule has 2 aromatic heterocycles. The maximum atomic E-state index is 6.37. The minimum Gasteiger partial charge on any atom is -0.375 e. The first-order chi connectivity index (χ1) is 12.8. The molecule has 0 aromatic carbocycles. The van der Waals surface area contributed by atoms with Gasteiger partial charge in [0.25, 0.3) is 0 Å². The number of anilines is 1. The third-order valence-corrected chi connectivity index (χ3v) is 5.46. The molecule has 5 heteroatoms. The van der Waals surface area contributed by atoms with Gasteiger partial charge < -0.3 is 9.64 Å². The average molecular weight is 352 g/mol. The van der Waals surface area contributed by atoms with Gasteiger partial charge in [-0.25, -0.2) is 9.97 Å². The standard InChI is InChI=1S/C21H28N4O/c1-16-14-20(24-21(23-16)17-6-5-11-22-15-17)25-12-9-19(10-13-25)26-18-7-3-2-4-8-18/h5-6,11,14-15,18-19H,2-4,7-10,12-13H2,1H3. The average Bonchev–Trinajstić information content (AvgIpc) is 2.70. The van der Waals surface area contributed by atoms with Crippen molar-refractivity contribution in [3.8, 4) is 11.4 Å². The van der Waals surface area contributed by atoms with Crippen molar-refractivity contribution in [3.63, 3.8) is 0 Å². The van der Waals surface area contributed by atoms with Crippen molar-refractivity contribution in [1.82, 2.24) is 15.0 Å². The zero-order valence-corrected chi connectivity index (χ0v) is 15.6. The molecule has 26 heavy (non-hydrogen) atoms. The lowest BCUT2D eigenvalue weighted by atomic mass is 9.97. The molecule has 0 radical (unpaired) electrons. The van der Waals surface area contributed by atoms with Gasteiger partial charge in [-0.1, -0.05) is 19.3 Å². The van der Waals surface area contributed by atoms with Gasteiger partial charge in [0, 0.05) is 42.8 Å². The molecule has 3 heterocycles. The Kier molecular flexibility index (Phi) is 5.44. The summed E-state index contributed by atoms with van der Waals surface area (Å²) in [4.78, 5) is 15.9.